The van der Waals surface area contributed by atoms with Crippen molar-refractivity contribution in [2.45, 2.75) is 24.4 Å². The molecule has 2 N–H and O–H groups in total. The minimum absolute atomic E-state index is 0.0171. The molecule has 5 nitrogen and oxygen atoms in total. The second-order valence-corrected chi connectivity index (χ2v) is 8.51. The van der Waals surface area contributed by atoms with Crippen molar-refractivity contribution < 1.29 is 44.8 Å². The van der Waals surface area contributed by atoms with Gasteiger partial charge in [0.25, 0.3) is 11.5 Å². The minimum atomic E-state index is -5.16. The molecule has 0 saturated heterocycles. The molecular formula is C24H14ClF8N3O2. The number of anilines is 2. The van der Waals surface area contributed by atoms with E-state index in [2.05, 4.69) is 15.8 Å². The molecule has 0 radical (unpaired) electrons. The van der Waals surface area contributed by atoms with Crippen LogP contribution in [0, 0.1) is 11.6 Å². The van der Waals surface area contributed by atoms with Crippen molar-refractivity contribution in [2.24, 2.45) is 5.16 Å². The van der Waals surface area contributed by atoms with Crippen LogP contribution in [0.25, 0.3) is 0 Å². The molecule has 0 bridgehead atoms. The number of hydrogen-bond donors (Lipinski definition) is 2. The Labute approximate surface area is 214 Å². The van der Waals surface area contributed by atoms with Crippen LogP contribution in [-0.4, -0.2) is 17.9 Å². The van der Waals surface area contributed by atoms with E-state index >= 15 is 0 Å². The summed E-state index contributed by atoms with van der Waals surface area (Å²) in [6, 6.07) is 8.71. The number of alkyl halides is 6. The number of halogens is 9. The van der Waals surface area contributed by atoms with Crippen LogP contribution < -0.4 is 10.6 Å². The number of nitrogens with zero attached hydrogens (tertiary/aromatic N) is 1. The molecule has 0 spiro atoms. The quantitative estimate of drug-likeness (QED) is 0.323. The first kappa shape index (κ1) is 27.2. The largest absolute Gasteiger partial charge is 0.435 e. The van der Waals surface area contributed by atoms with E-state index in [9.17, 15) is 39.9 Å². The van der Waals surface area contributed by atoms with Gasteiger partial charge in [-0.2, -0.15) is 26.3 Å². The van der Waals surface area contributed by atoms with Crippen molar-refractivity contribution >= 4 is 34.7 Å². The SMILES string of the molecule is O=C(Nc1ccc(F)cc1F)c1cc(NC2=NOC(c3cccc(C(F)(F)F)c3)(C(F)(F)F)C2)ccc1Cl. The molecule has 38 heavy (non-hydrogen) atoms. The summed E-state index contributed by atoms with van der Waals surface area (Å²) in [7, 11) is 0. The smallest absolute Gasteiger partial charge is 0.372 e. The maximum atomic E-state index is 14.1. The molecule has 1 atom stereocenters. The summed E-state index contributed by atoms with van der Waals surface area (Å²) in [4.78, 5) is 17.3. The standard InChI is InChI=1S/C24H14ClF8N3O2/c25-17-6-5-15(10-16(17)21(37)35-19-7-4-14(26)9-18(19)27)34-20-11-22(38-36-20,24(31,32)33)12-2-1-3-13(8-12)23(28,29)30/h1-10H,11H2,(H,34,36)(H,35,37). The van der Waals surface area contributed by atoms with Crippen LogP contribution in [0.3, 0.4) is 0 Å². The average molecular weight is 564 g/mol. The fraction of sp³-hybridized carbons (Fsp3) is 0.167. The normalized spacial score (nSPS) is 17.6. The molecule has 200 valence electrons. The summed E-state index contributed by atoms with van der Waals surface area (Å²) >= 11 is 6.04. The second-order valence-electron chi connectivity index (χ2n) is 8.11. The summed E-state index contributed by atoms with van der Waals surface area (Å²) in [6.45, 7) is 0. The molecule has 0 aliphatic carbocycles. The molecule has 3 aromatic rings. The summed E-state index contributed by atoms with van der Waals surface area (Å²) in [5.74, 6) is -3.25. The van der Waals surface area contributed by atoms with Crippen LogP contribution in [0.15, 0.2) is 65.8 Å². The van der Waals surface area contributed by atoms with Crippen molar-refractivity contribution in [1.29, 1.82) is 0 Å². The molecule has 3 aromatic carbocycles. The Kier molecular flexibility index (Phi) is 6.99. The zero-order valence-electron chi connectivity index (χ0n) is 18.6. The molecule has 14 heteroatoms. The van der Waals surface area contributed by atoms with E-state index < -0.39 is 58.9 Å². The Hall–Kier alpha value is -3.87. The molecular weight excluding hydrogens is 550 g/mol. The van der Waals surface area contributed by atoms with Crippen molar-refractivity contribution in [2.75, 3.05) is 10.6 Å². The zero-order valence-corrected chi connectivity index (χ0v) is 19.4. The van der Waals surface area contributed by atoms with Crippen LogP contribution in [0.5, 0.6) is 0 Å². The predicted molar refractivity (Wildman–Crippen MR) is 122 cm³/mol. The number of nitrogens with one attached hydrogen (secondary N) is 2. The van der Waals surface area contributed by atoms with Crippen LogP contribution in [0.1, 0.15) is 27.9 Å². The lowest BCUT2D eigenvalue weighted by Crippen LogP contribution is -2.43. The molecule has 0 aromatic heterocycles. The number of carbonyl (C=O) groups is 1. The van der Waals surface area contributed by atoms with Gasteiger partial charge in [-0.3, -0.25) is 4.79 Å². The summed E-state index contributed by atoms with van der Waals surface area (Å²) in [5, 5.41) is 8.01. The first-order valence-corrected chi connectivity index (χ1v) is 10.9. The summed E-state index contributed by atoms with van der Waals surface area (Å²) < 4.78 is 109. The highest BCUT2D eigenvalue weighted by Gasteiger charge is 2.62. The number of benzene rings is 3. The minimum Gasteiger partial charge on any atom is -0.372 e. The van der Waals surface area contributed by atoms with Gasteiger partial charge >= 0.3 is 12.4 Å². The topological polar surface area (TPSA) is 62.7 Å². The summed E-state index contributed by atoms with van der Waals surface area (Å²) in [6.07, 6.45) is -11.1. The second kappa shape index (κ2) is 9.78. The maximum absolute atomic E-state index is 14.1. The Balaban J connectivity index is 1.57. The molecule has 1 amide bonds. The van der Waals surface area contributed by atoms with Gasteiger partial charge in [0.2, 0.25) is 0 Å². The molecule has 1 aliphatic rings. The fourth-order valence-electron chi connectivity index (χ4n) is 3.64. The van der Waals surface area contributed by atoms with Gasteiger partial charge in [-0.05, 0) is 42.5 Å². The van der Waals surface area contributed by atoms with Gasteiger partial charge in [-0.1, -0.05) is 28.9 Å². The highest BCUT2D eigenvalue weighted by atomic mass is 35.5. The predicted octanol–water partition coefficient (Wildman–Crippen LogP) is 7.49. The first-order chi connectivity index (χ1) is 17.7. The van der Waals surface area contributed by atoms with Gasteiger partial charge in [0.05, 0.1) is 28.3 Å². The fourth-order valence-corrected chi connectivity index (χ4v) is 3.85. The lowest BCUT2D eigenvalue weighted by Gasteiger charge is -2.29. The maximum Gasteiger partial charge on any atom is 0.435 e. The molecule has 1 aliphatic heterocycles. The highest BCUT2D eigenvalue weighted by Crippen LogP contribution is 2.49. The van der Waals surface area contributed by atoms with Crippen molar-refractivity contribution in [3.63, 3.8) is 0 Å². The van der Waals surface area contributed by atoms with Crippen molar-refractivity contribution in [3.05, 3.63) is 94.0 Å². The van der Waals surface area contributed by atoms with Crippen molar-refractivity contribution in [1.82, 2.24) is 0 Å². The van der Waals surface area contributed by atoms with E-state index in [-0.39, 0.29) is 22.0 Å². The number of carbonyl (C=O) groups excluding carboxylic acids is 1. The van der Waals surface area contributed by atoms with Gasteiger partial charge in [0.15, 0.2) is 5.84 Å². The number of amidine groups is 1. The number of amides is 1. The van der Waals surface area contributed by atoms with Crippen LogP contribution in [0.2, 0.25) is 5.02 Å². The molecule has 0 fully saturated rings. The van der Waals surface area contributed by atoms with E-state index in [1.54, 1.807) is 0 Å². The van der Waals surface area contributed by atoms with Gasteiger partial charge in [-0.25, -0.2) is 8.78 Å². The zero-order chi connectivity index (χ0) is 27.9. The first-order valence-electron chi connectivity index (χ1n) is 10.5. The van der Waals surface area contributed by atoms with Crippen LogP contribution in [-0.2, 0) is 16.6 Å². The van der Waals surface area contributed by atoms with E-state index in [1.807, 2.05) is 0 Å². The van der Waals surface area contributed by atoms with Gasteiger partial charge in [0, 0.05) is 17.3 Å². The molecule has 0 saturated carbocycles. The van der Waals surface area contributed by atoms with Gasteiger partial charge in [-0.15, -0.1) is 0 Å². The van der Waals surface area contributed by atoms with E-state index in [0.717, 1.165) is 30.3 Å². The summed E-state index contributed by atoms with van der Waals surface area (Å²) in [5.41, 5.74) is -5.87. The van der Waals surface area contributed by atoms with E-state index in [1.165, 1.54) is 12.1 Å². The van der Waals surface area contributed by atoms with E-state index in [4.69, 9.17) is 16.4 Å². The van der Waals surface area contributed by atoms with Crippen LogP contribution >= 0.6 is 11.6 Å². The van der Waals surface area contributed by atoms with Gasteiger partial charge in [0.1, 0.15) is 11.6 Å². The Morgan fingerprint density at radius 1 is 0.974 bits per heavy atom. The molecule has 4 rings (SSSR count). The van der Waals surface area contributed by atoms with Gasteiger partial charge < -0.3 is 15.5 Å². The number of hydrogen-bond acceptors (Lipinski definition) is 4. The number of oxime groups is 1. The molecule has 1 unspecified atom stereocenters. The Bertz CT molecular complexity index is 1420. The third-order valence-electron chi connectivity index (χ3n) is 5.52. The lowest BCUT2D eigenvalue weighted by molar-refractivity contribution is -0.276. The Morgan fingerprint density at radius 3 is 2.37 bits per heavy atom. The molecule has 1 heterocycles. The highest BCUT2D eigenvalue weighted by molar-refractivity contribution is 6.34. The van der Waals surface area contributed by atoms with Crippen molar-refractivity contribution in [3.8, 4) is 0 Å². The monoisotopic (exact) mass is 563 g/mol. The Morgan fingerprint density at radius 2 is 1.71 bits per heavy atom. The average Bonchev–Trinajstić information content (AvgIpc) is 3.27. The number of rotatable bonds is 4. The lowest BCUT2D eigenvalue weighted by atomic mass is 9.88. The van der Waals surface area contributed by atoms with Crippen LogP contribution in [0.4, 0.5) is 46.5 Å². The third-order valence-corrected chi connectivity index (χ3v) is 5.85. The van der Waals surface area contributed by atoms with E-state index in [0.29, 0.717) is 18.2 Å². The third kappa shape index (κ3) is 5.37.